The van der Waals surface area contributed by atoms with Crippen LogP contribution in [-0.4, -0.2) is 16.2 Å². The first-order valence-electron chi connectivity index (χ1n) is 7.24. The van der Waals surface area contributed by atoms with E-state index < -0.39 is 5.97 Å². The zero-order chi connectivity index (χ0) is 17.1. The topological polar surface area (TPSA) is 95.8 Å². The van der Waals surface area contributed by atoms with E-state index in [0.717, 1.165) is 11.1 Å². The van der Waals surface area contributed by atoms with Crippen LogP contribution in [0.3, 0.4) is 0 Å². The Labute approximate surface area is 137 Å². The molecule has 1 N–H and O–H groups in total. The van der Waals surface area contributed by atoms with Crippen molar-refractivity contribution in [2.75, 3.05) is 0 Å². The van der Waals surface area contributed by atoms with E-state index in [1.54, 1.807) is 42.5 Å². The molecule has 3 rings (SSSR count). The monoisotopic (exact) mass is 319 g/mol. The number of aromatic amines is 1. The normalized spacial score (nSPS) is 10.3. The third-order valence-electron chi connectivity index (χ3n) is 3.67. The van der Waals surface area contributed by atoms with Crippen molar-refractivity contribution in [3.05, 3.63) is 75.2 Å². The highest BCUT2D eigenvalue weighted by molar-refractivity contribution is 6.01. The number of ether oxygens (including phenoxy) is 1. The quantitative estimate of drug-likeness (QED) is 0.748. The number of fused-ring (bicyclic) bond motifs is 1. The van der Waals surface area contributed by atoms with Crippen molar-refractivity contribution in [3.8, 4) is 6.07 Å². The van der Waals surface area contributed by atoms with Gasteiger partial charge in [0.05, 0.1) is 17.0 Å². The molecule has 2 aromatic carbocycles. The van der Waals surface area contributed by atoms with Crippen LogP contribution < -0.4 is 5.56 Å². The smallest absolute Gasteiger partial charge is 0.359 e. The molecule has 118 valence electrons. The van der Waals surface area contributed by atoms with Crippen molar-refractivity contribution in [3.63, 3.8) is 0 Å². The van der Waals surface area contributed by atoms with Crippen molar-refractivity contribution < 1.29 is 9.53 Å². The van der Waals surface area contributed by atoms with Gasteiger partial charge in [-0.1, -0.05) is 30.3 Å². The van der Waals surface area contributed by atoms with Gasteiger partial charge in [0, 0.05) is 5.39 Å². The minimum Gasteiger partial charge on any atom is -0.456 e. The average molecular weight is 319 g/mol. The molecular weight excluding hydrogens is 306 g/mol. The molecule has 3 aromatic rings. The third-order valence-corrected chi connectivity index (χ3v) is 3.67. The first-order valence-corrected chi connectivity index (χ1v) is 7.24. The maximum absolute atomic E-state index is 12.3. The number of nitrogens with one attached hydrogen (secondary N) is 1. The minimum atomic E-state index is -0.621. The Hall–Kier alpha value is -3.46. The van der Waals surface area contributed by atoms with Crippen LogP contribution in [0.5, 0.6) is 0 Å². The highest BCUT2D eigenvalue weighted by atomic mass is 16.5. The molecule has 0 aliphatic carbocycles. The summed E-state index contributed by atoms with van der Waals surface area (Å²) in [6.07, 6.45) is 0. The van der Waals surface area contributed by atoms with Gasteiger partial charge in [0.1, 0.15) is 6.61 Å². The molecule has 0 aliphatic rings. The van der Waals surface area contributed by atoms with Gasteiger partial charge < -0.3 is 4.74 Å². The number of carbonyl (C=O) groups is 1. The van der Waals surface area contributed by atoms with E-state index in [-0.39, 0.29) is 17.9 Å². The molecule has 0 fully saturated rings. The van der Waals surface area contributed by atoms with Crippen LogP contribution in [0.4, 0.5) is 0 Å². The lowest BCUT2D eigenvalue weighted by Crippen LogP contribution is -2.16. The molecule has 0 atom stereocenters. The molecule has 0 saturated heterocycles. The molecule has 1 aromatic heterocycles. The van der Waals surface area contributed by atoms with Gasteiger partial charge in [0.15, 0.2) is 5.69 Å². The van der Waals surface area contributed by atoms with Gasteiger partial charge in [-0.2, -0.15) is 10.4 Å². The number of benzene rings is 2. The summed E-state index contributed by atoms with van der Waals surface area (Å²) in [5, 5.41) is 15.9. The van der Waals surface area contributed by atoms with Crippen molar-refractivity contribution in [1.29, 1.82) is 5.26 Å². The maximum Gasteiger partial charge on any atom is 0.359 e. The number of esters is 1. The van der Waals surface area contributed by atoms with Crippen LogP contribution in [0.25, 0.3) is 10.8 Å². The van der Waals surface area contributed by atoms with Crippen LogP contribution in [0.2, 0.25) is 0 Å². The molecule has 0 aliphatic heterocycles. The number of hydrogen-bond donors (Lipinski definition) is 1. The SMILES string of the molecule is Cc1cc(COC(=O)c2n[nH]c(=O)c3ccccc23)ccc1C#N. The predicted molar refractivity (Wildman–Crippen MR) is 87.4 cm³/mol. The first-order chi connectivity index (χ1) is 11.6. The van der Waals surface area contributed by atoms with Crippen molar-refractivity contribution in [2.45, 2.75) is 13.5 Å². The fourth-order valence-corrected chi connectivity index (χ4v) is 2.43. The van der Waals surface area contributed by atoms with Gasteiger partial charge in [-0.05, 0) is 30.2 Å². The van der Waals surface area contributed by atoms with E-state index in [1.165, 1.54) is 0 Å². The maximum atomic E-state index is 12.3. The van der Waals surface area contributed by atoms with E-state index in [4.69, 9.17) is 10.00 Å². The summed E-state index contributed by atoms with van der Waals surface area (Å²) in [6.45, 7) is 1.88. The Morgan fingerprint density at radius 3 is 2.71 bits per heavy atom. The average Bonchev–Trinajstić information content (AvgIpc) is 2.60. The Morgan fingerprint density at radius 2 is 2.00 bits per heavy atom. The van der Waals surface area contributed by atoms with Crippen LogP contribution in [0, 0.1) is 18.3 Å². The van der Waals surface area contributed by atoms with E-state index in [0.29, 0.717) is 16.3 Å². The fraction of sp³-hybridized carbons (Fsp3) is 0.111. The summed E-state index contributed by atoms with van der Waals surface area (Å²) in [7, 11) is 0. The lowest BCUT2D eigenvalue weighted by molar-refractivity contribution is 0.0467. The lowest BCUT2D eigenvalue weighted by Gasteiger charge is -2.07. The van der Waals surface area contributed by atoms with Crippen LogP contribution in [-0.2, 0) is 11.3 Å². The second-order valence-electron chi connectivity index (χ2n) is 5.28. The molecule has 1 heterocycles. The van der Waals surface area contributed by atoms with Gasteiger partial charge in [-0.25, -0.2) is 9.89 Å². The highest BCUT2D eigenvalue weighted by Gasteiger charge is 2.15. The summed E-state index contributed by atoms with van der Waals surface area (Å²) in [6, 6.07) is 14.0. The van der Waals surface area contributed by atoms with Crippen molar-refractivity contribution >= 4 is 16.7 Å². The summed E-state index contributed by atoms with van der Waals surface area (Å²) in [4.78, 5) is 24.0. The second-order valence-corrected chi connectivity index (χ2v) is 5.28. The number of carbonyl (C=O) groups excluding carboxylic acids is 1. The Morgan fingerprint density at radius 1 is 1.25 bits per heavy atom. The third kappa shape index (κ3) is 2.88. The molecule has 0 spiro atoms. The molecule has 0 amide bonds. The van der Waals surface area contributed by atoms with Crippen molar-refractivity contribution in [1.82, 2.24) is 10.2 Å². The van der Waals surface area contributed by atoms with E-state index in [2.05, 4.69) is 16.3 Å². The van der Waals surface area contributed by atoms with Crippen LogP contribution in [0.1, 0.15) is 27.2 Å². The van der Waals surface area contributed by atoms with E-state index in [1.807, 2.05) is 6.92 Å². The van der Waals surface area contributed by atoms with Gasteiger partial charge in [-0.15, -0.1) is 0 Å². The number of nitrogens with zero attached hydrogens (tertiary/aromatic N) is 2. The van der Waals surface area contributed by atoms with Gasteiger partial charge in [0.2, 0.25) is 0 Å². The Bertz CT molecular complexity index is 1030. The van der Waals surface area contributed by atoms with E-state index in [9.17, 15) is 9.59 Å². The summed E-state index contributed by atoms with van der Waals surface area (Å²) in [5.41, 5.74) is 1.88. The zero-order valence-electron chi connectivity index (χ0n) is 12.9. The number of aryl methyl sites for hydroxylation is 1. The zero-order valence-corrected chi connectivity index (χ0v) is 12.9. The number of nitriles is 1. The minimum absolute atomic E-state index is 0.0561. The summed E-state index contributed by atoms with van der Waals surface area (Å²) in [5.74, 6) is -0.621. The van der Waals surface area contributed by atoms with Gasteiger partial charge in [-0.3, -0.25) is 4.79 Å². The van der Waals surface area contributed by atoms with Gasteiger partial charge >= 0.3 is 5.97 Å². The highest BCUT2D eigenvalue weighted by Crippen LogP contribution is 2.15. The summed E-state index contributed by atoms with van der Waals surface area (Å²) < 4.78 is 5.28. The second kappa shape index (κ2) is 6.34. The standard InChI is InChI=1S/C18H13N3O3/c1-11-8-12(6-7-13(11)9-19)10-24-18(23)16-14-4-2-3-5-15(14)17(22)21-20-16/h2-8H,10H2,1H3,(H,21,22). The molecule has 24 heavy (non-hydrogen) atoms. The molecule has 6 nitrogen and oxygen atoms in total. The predicted octanol–water partition coefficient (Wildman–Crippen LogP) is 2.46. The molecule has 0 radical (unpaired) electrons. The number of aromatic nitrogens is 2. The summed E-state index contributed by atoms with van der Waals surface area (Å²) >= 11 is 0. The Balaban J connectivity index is 1.84. The molecule has 0 saturated carbocycles. The first kappa shape index (κ1) is 15.4. The fourth-order valence-electron chi connectivity index (χ4n) is 2.43. The van der Waals surface area contributed by atoms with Crippen LogP contribution >= 0.6 is 0 Å². The number of H-pyrrole nitrogens is 1. The number of rotatable bonds is 3. The number of hydrogen-bond acceptors (Lipinski definition) is 5. The molecule has 0 bridgehead atoms. The van der Waals surface area contributed by atoms with E-state index >= 15 is 0 Å². The van der Waals surface area contributed by atoms with Gasteiger partial charge in [0.25, 0.3) is 5.56 Å². The molecule has 6 heteroatoms. The van der Waals surface area contributed by atoms with Crippen LogP contribution in [0.15, 0.2) is 47.3 Å². The molecule has 0 unspecified atom stereocenters. The van der Waals surface area contributed by atoms with Crippen molar-refractivity contribution in [2.24, 2.45) is 0 Å². The lowest BCUT2D eigenvalue weighted by atomic mass is 10.1. The largest absolute Gasteiger partial charge is 0.456 e. The Kier molecular flexibility index (Phi) is 4.08. The molecular formula is C18H13N3O3.